The lowest BCUT2D eigenvalue weighted by Gasteiger charge is -2.30. The number of hydrogen-bond acceptors (Lipinski definition) is 2. The summed E-state index contributed by atoms with van der Waals surface area (Å²) < 4.78 is 0. The fourth-order valence-corrected chi connectivity index (χ4v) is 3.24. The second kappa shape index (κ2) is 5.72. The van der Waals surface area contributed by atoms with Crippen molar-refractivity contribution < 1.29 is 14.7 Å². The Morgan fingerprint density at radius 3 is 2.28 bits per heavy atom. The van der Waals surface area contributed by atoms with Crippen molar-refractivity contribution in [1.29, 1.82) is 0 Å². The van der Waals surface area contributed by atoms with E-state index in [1.807, 2.05) is 0 Å². The highest BCUT2D eigenvalue weighted by Crippen LogP contribution is 2.32. The van der Waals surface area contributed by atoms with Crippen LogP contribution >= 0.6 is 0 Å². The van der Waals surface area contributed by atoms with Crippen molar-refractivity contribution in [2.24, 2.45) is 17.8 Å². The molecule has 0 aromatic heterocycles. The molecule has 1 aliphatic carbocycles. The van der Waals surface area contributed by atoms with Crippen LogP contribution in [0.1, 0.15) is 45.4 Å². The Kier molecular flexibility index (Phi) is 4.25. The van der Waals surface area contributed by atoms with E-state index in [-0.39, 0.29) is 17.7 Å². The van der Waals surface area contributed by atoms with Gasteiger partial charge in [0.2, 0.25) is 5.91 Å². The summed E-state index contributed by atoms with van der Waals surface area (Å²) >= 11 is 0. The molecule has 1 N–H and O–H groups in total. The maximum atomic E-state index is 12.3. The maximum absolute atomic E-state index is 12.3. The number of amides is 1. The average molecular weight is 253 g/mol. The Bertz CT molecular complexity index is 321. The number of carboxylic acid groups (broad SMARTS) is 1. The summed E-state index contributed by atoms with van der Waals surface area (Å²) in [6.07, 6.45) is 6.13. The quantitative estimate of drug-likeness (QED) is 0.838. The largest absolute Gasteiger partial charge is 0.481 e. The van der Waals surface area contributed by atoms with Gasteiger partial charge < -0.3 is 10.0 Å². The second-order valence-electron chi connectivity index (χ2n) is 5.73. The molecule has 0 spiro atoms. The Hall–Kier alpha value is -1.06. The Morgan fingerprint density at radius 2 is 1.78 bits per heavy atom. The molecule has 0 bridgehead atoms. The van der Waals surface area contributed by atoms with E-state index in [9.17, 15) is 9.59 Å². The van der Waals surface area contributed by atoms with Crippen LogP contribution in [-0.4, -0.2) is 35.0 Å². The van der Waals surface area contributed by atoms with Crippen LogP contribution in [0.15, 0.2) is 0 Å². The van der Waals surface area contributed by atoms with Crippen LogP contribution in [0, 0.1) is 17.8 Å². The Labute approximate surface area is 108 Å². The molecule has 1 aliphatic heterocycles. The van der Waals surface area contributed by atoms with Crippen molar-refractivity contribution in [2.75, 3.05) is 13.1 Å². The minimum Gasteiger partial charge on any atom is -0.481 e. The molecule has 102 valence electrons. The first-order valence-corrected chi connectivity index (χ1v) is 7.13. The highest BCUT2D eigenvalue weighted by atomic mass is 16.4. The van der Waals surface area contributed by atoms with Crippen molar-refractivity contribution in [3.05, 3.63) is 0 Å². The van der Waals surface area contributed by atoms with Crippen LogP contribution in [0.2, 0.25) is 0 Å². The van der Waals surface area contributed by atoms with E-state index in [1.54, 1.807) is 4.90 Å². The predicted octanol–water partition coefficient (Wildman–Crippen LogP) is 2.14. The van der Waals surface area contributed by atoms with E-state index in [2.05, 4.69) is 6.92 Å². The highest BCUT2D eigenvalue weighted by molar-refractivity contribution is 5.80. The molecule has 18 heavy (non-hydrogen) atoms. The number of likely N-dealkylation sites (tertiary alicyclic amines) is 1. The molecular weight excluding hydrogens is 230 g/mol. The lowest BCUT2D eigenvalue weighted by molar-refractivity contribution is -0.141. The summed E-state index contributed by atoms with van der Waals surface area (Å²) in [7, 11) is 0. The second-order valence-corrected chi connectivity index (χ2v) is 5.73. The molecule has 0 radical (unpaired) electrons. The van der Waals surface area contributed by atoms with Crippen LogP contribution < -0.4 is 0 Å². The van der Waals surface area contributed by atoms with Crippen molar-refractivity contribution in [3.8, 4) is 0 Å². The summed E-state index contributed by atoms with van der Waals surface area (Å²) in [6, 6.07) is 0. The standard InChI is InChI=1S/C14H23NO3/c1-2-10-3-5-11(6-4-10)13(16)15-8-7-12(9-15)14(17)18/h10-12H,2-9H2,1H3,(H,17,18). The first-order valence-electron chi connectivity index (χ1n) is 7.13. The zero-order valence-electron chi connectivity index (χ0n) is 11.1. The molecule has 2 fully saturated rings. The van der Waals surface area contributed by atoms with Crippen molar-refractivity contribution >= 4 is 11.9 Å². The summed E-state index contributed by atoms with van der Waals surface area (Å²) in [6.45, 7) is 3.26. The van der Waals surface area contributed by atoms with Gasteiger partial charge in [0.05, 0.1) is 5.92 Å². The van der Waals surface area contributed by atoms with E-state index in [0.29, 0.717) is 19.5 Å². The molecule has 1 heterocycles. The minimum atomic E-state index is -0.764. The maximum Gasteiger partial charge on any atom is 0.308 e. The third-order valence-corrected chi connectivity index (χ3v) is 4.62. The number of hydrogen-bond donors (Lipinski definition) is 1. The number of nitrogens with zero attached hydrogens (tertiary/aromatic N) is 1. The molecule has 1 unspecified atom stereocenters. The van der Waals surface area contributed by atoms with Gasteiger partial charge >= 0.3 is 5.97 Å². The Balaban J connectivity index is 1.84. The fraction of sp³-hybridized carbons (Fsp3) is 0.857. The van der Waals surface area contributed by atoms with E-state index >= 15 is 0 Å². The van der Waals surface area contributed by atoms with Gasteiger partial charge in [-0.3, -0.25) is 9.59 Å². The fourth-order valence-electron chi connectivity index (χ4n) is 3.24. The van der Waals surface area contributed by atoms with Crippen LogP contribution in [0.25, 0.3) is 0 Å². The van der Waals surface area contributed by atoms with Crippen molar-refractivity contribution in [3.63, 3.8) is 0 Å². The Morgan fingerprint density at radius 1 is 1.11 bits per heavy atom. The van der Waals surface area contributed by atoms with Gasteiger partial charge in [-0.15, -0.1) is 0 Å². The van der Waals surface area contributed by atoms with E-state index in [1.165, 1.54) is 6.42 Å². The lowest BCUT2D eigenvalue weighted by atomic mass is 9.80. The predicted molar refractivity (Wildman–Crippen MR) is 68.1 cm³/mol. The molecule has 1 atom stereocenters. The number of carbonyl (C=O) groups excluding carboxylic acids is 1. The SMILES string of the molecule is CCC1CCC(C(=O)N2CCC(C(=O)O)C2)CC1. The topological polar surface area (TPSA) is 57.6 Å². The zero-order chi connectivity index (χ0) is 13.1. The molecule has 1 saturated carbocycles. The third kappa shape index (κ3) is 2.85. The average Bonchev–Trinajstić information content (AvgIpc) is 2.88. The van der Waals surface area contributed by atoms with Crippen molar-refractivity contribution in [2.45, 2.75) is 45.4 Å². The summed E-state index contributed by atoms with van der Waals surface area (Å²) in [5, 5.41) is 8.95. The minimum absolute atomic E-state index is 0.153. The first-order chi connectivity index (χ1) is 8.61. The zero-order valence-corrected chi connectivity index (χ0v) is 11.1. The van der Waals surface area contributed by atoms with Gasteiger partial charge in [-0.2, -0.15) is 0 Å². The van der Waals surface area contributed by atoms with E-state index in [4.69, 9.17) is 5.11 Å². The van der Waals surface area contributed by atoms with E-state index in [0.717, 1.165) is 31.6 Å². The van der Waals surface area contributed by atoms with Gasteiger partial charge in [0, 0.05) is 19.0 Å². The van der Waals surface area contributed by atoms with Gasteiger partial charge in [0.15, 0.2) is 0 Å². The molecule has 1 saturated heterocycles. The molecule has 2 aliphatic rings. The van der Waals surface area contributed by atoms with Gasteiger partial charge in [-0.1, -0.05) is 13.3 Å². The number of rotatable bonds is 3. The van der Waals surface area contributed by atoms with Crippen LogP contribution in [0.3, 0.4) is 0 Å². The normalized spacial score (nSPS) is 32.5. The van der Waals surface area contributed by atoms with E-state index < -0.39 is 5.97 Å². The number of carbonyl (C=O) groups is 2. The van der Waals surface area contributed by atoms with Crippen LogP contribution in [-0.2, 0) is 9.59 Å². The number of aliphatic carboxylic acids is 1. The highest BCUT2D eigenvalue weighted by Gasteiger charge is 2.35. The molecule has 1 amide bonds. The van der Waals surface area contributed by atoms with Crippen molar-refractivity contribution in [1.82, 2.24) is 4.90 Å². The summed E-state index contributed by atoms with van der Waals surface area (Å²) in [5.41, 5.74) is 0. The molecule has 0 aromatic carbocycles. The van der Waals surface area contributed by atoms with Gasteiger partial charge in [-0.05, 0) is 38.0 Å². The molecule has 2 rings (SSSR count). The lowest BCUT2D eigenvalue weighted by Crippen LogP contribution is -2.36. The van der Waals surface area contributed by atoms with Crippen LogP contribution in [0.5, 0.6) is 0 Å². The molecular formula is C14H23NO3. The smallest absolute Gasteiger partial charge is 0.308 e. The summed E-state index contributed by atoms with van der Waals surface area (Å²) in [5.74, 6) is 0.0361. The molecule has 4 nitrogen and oxygen atoms in total. The molecule has 0 aromatic rings. The summed E-state index contributed by atoms with van der Waals surface area (Å²) in [4.78, 5) is 25.0. The van der Waals surface area contributed by atoms with Gasteiger partial charge in [-0.25, -0.2) is 0 Å². The van der Waals surface area contributed by atoms with Gasteiger partial charge in [0.25, 0.3) is 0 Å². The van der Waals surface area contributed by atoms with Gasteiger partial charge in [0.1, 0.15) is 0 Å². The molecule has 4 heteroatoms. The number of carboxylic acids is 1. The third-order valence-electron chi connectivity index (χ3n) is 4.62. The monoisotopic (exact) mass is 253 g/mol. The van der Waals surface area contributed by atoms with Crippen LogP contribution in [0.4, 0.5) is 0 Å². The first kappa shape index (κ1) is 13.4.